The lowest BCUT2D eigenvalue weighted by Gasteiger charge is -2.13. The van der Waals surface area contributed by atoms with E-state index in [1.165, 1.54) is 17.0 Å². The first-order chi connectivity index (χ1) is 15.2. The topological polar surface area (TPSA) is 98.7 Å². The Hall–Kier alpha value is -3.85. The molecule has 0 aliphatic rings. The second kappa shape index (κ2) is 9.31. The fourth-order valence-corrected chi connectivity index (χ4v) is 3.67. The number of benzene rings is 2. The van der Waals surface area contributed by atoms with Crippen LogP contribution < -0.4 is 15.7 Å². The number of carbonyl (C=O) groups excluding carboxylic acids is 1. The minimum atomic E-state index is -0.337. The van der Waals surface area contributed by atoms with Gasteiger partial charge in [0.15, 0.2) is 5.16 Å². The van der Waals surface area contributed by atoms with Crippen molar-refractivity contribution in [3.8, 4) is 11.4 Å². The molecular formula is C22H18N4O4S. The van der Waals surface area contributed by atoms with Crippen molar-refractivity contribution < 1.29 is 13.9 Å². The quantitative estimate of drug-likeness (QED) is 0.208. The summed E-state index contributed by atoms with van der Waals surface area (Å²) in [5.41, 5.74) is 3.42. The number of para-hydroxylation sites is 1. The average Bonchev–Trinajstić information content (AvgIpc) is 3.31. The van der Waals surface area contributed by atoms with Gasteiger partial charge >= 0.3 is 0 Å². The number of fused-ring (bicyclic) bond motifs is 1. The third-order valence-corrected chi connectivity index (χ3v) is 5.27. The van der Waals surface area contributed by atoms with Gasteiger partial charge in [-0.3, -0.25) is 14.2 Å². The first kappa shape index (κ1) is 20.4. The third kappa shape index (κ3) is 4.67. The van der Waals surface area contributed by atoms with Gasteiger partial charge in [0.2, 0.25) is 0 Å². The van der Waals surface area contributed by atoms with Gasteiger partial charge in [-0.2, -0.15) is 5.10 Å². The molecule has 0 bridgehead atoms. The van der Waals surface area contributed by atoms with Crippen molar-refractivity contribution in [3.63, 3.8) is 0 Å². The zero-order chi connectivity index (χ0) is 21.6. The molecule has 9 heteroatoms. The fourth-order valence-electron chi connectivity index (χ4n) is 2.86. The van der Waals surface area contributed by atoms with Crippen molar-refractivity contribution in [2.45, 2.75) is 5.16 Å². The Bertz CT molecular complexity index is 1280. The van der Waals surface area contributed by atoms with Crippen LogP contribution >= 0.6 is 11.8 Å². The SMILES string of the molecule is COc1ccc(-n2c(SCC(=O)N/N=C\c3ccco3)nc3ccccc3c2=O)cc1. The monoisotopic (exact) mass is 434 g/mol. The predicted octanol–water partition coefficient (Wildman–Crippen LogP) is 3.23. The molecule has 2 heterocycles. The van der Waals surface area contributed by atoms with Gasteiger partial charge in [0.05, 0.1) is 41.9 Å². The van der Waals surface area contributed by atoms with Gasteiger partial charge in [0, 0.05) is 0 Å². The van der Waals surface area contributed by atoms with E-state index in [1.54, 1.807) is 61.7 Å². The molecular weight excluding hydrogens is 416 g/mol. The number of methoxy groups -OCH3 is 1. The summed E-state index contributed by atoms with van der Waals surface area (Å²) < 4.78 is 11.8. The minimum Gasteiger partial charge on any atom is -0.497 e. The number of carbonyl (C=O) groups is 1. The molecule has 31 heavy (non-hydrogen) atoms. The van der Waals surface area contributed by atoms with Crippen LogP contribution in [0.5, 0.6) is 5.75 Å². The highest BCUT2D eigenvalue weighted by Crippen LogP contribution is 2.22. The van der Waals surface area contributed by atoms with Crippen LogP contribution in [0.4, 0.5) is 0 Å². The van der Waals surface area contributed by atoms with Crippen molar-refractivity contribution in [1.29, 1.82) is 0 Å². The number of nitrogens with one attached hydrogen (secondary N) is 1. The number of furan rings is 1. The first-order valence-corrected chi connectivity index (χ1v) is 10.3. The second-order valence-corrected chi connectivity index (χ2v) is 7.29. The van der Waals surface area contributed by atoms with Crippen molar-refractivity contribution in [1.82, 2.24) is 15.0 Å². The highest BCUT2D eigenvalue weighted by Gasteiger charge is 2.15. The van der Waals surface area contributed by atoms with Crippen LogP contribution in [0.25, 0.3) is 16.6 Å². The van der Waals surface area contributed by atoms with Crippen molar-refractivity contribution in [3.05, 3.63) is 83.0 Å². The largest absolute Gasteiger partial charge is 0.497 e. The van der Waals surface area contributed by atoms with E-state index in [0.29, 0.717) is 33.3 Å². The van der Waals surface area contributed by atoms with Gasteiger partial charge in [-0.15, -0.1) is 0 Å². The van der Waals surface area contributed by atoms with Crippen molar-refractivity contribution >= 4 is 34.8 Å². The lowest BCUT2D eigenvalue weighted by Crippen LogP contribution is -2.24. The molecule has 0 atom stereocenters. The Morgan fingerprint density at radius 2 is 2.00 bits per heavy atom. The van der Waals surface area contributed by atoms with Crippen LogP contribution in [-0.2, 0) is 4.79 Å². The molecule has 0 radical (unpaired) electrons. The van der Waals surface area contributed by atoms with Crippen LogP contribution in [-0.4, -0.2) is 34.5 Å². The van der Waals surface area contributed by atoms with E-state index < -0.39 is 0 Å². The zero-order valence-corrected chi connectivity index (χ0v) is 17.3. The van der Waals surface area contributed by atoms with Crippen molar-refractivity contribution in [2.24, 2.45) is 5.10 Å². The maximum Gasteiger partial charge on any atom is 0.266 e. The Kier molecular flexibility index (Phi) is 6.13. The molecule has 4 aromatic rings. The summed E-state index contributed by atoms with van der Waals surface area (Å²) in [6.07, 6.45) is 2.92. The molecule has 2 aromatic carbocycles. The van der Waals surface area contributed by atoms with Crippen LogP contribution in [0.2, 0.25) is 0 Å². The number of aromatic nitrogens is 2. The van der Waals surface area contributed by atoms with Crippen LogP contribution in [0, 0.1) is 0 Å². The van der Waals surface area contributed by atoms with Crippen molar-refractivity contribution in [2.75, 3.05) is 12.9 Å². The standard InChI is InChI=1S/C22H18N4O4S/c1-29-16-10-8-15(9-11-16)26-21(28)18-6-2-3-7-19(18)24-22(26)31-14-20(27)25-23-13-17-5-4-12-30-17/h2-13H,14H2,1H3,(H,25,27)/b23-13-. The lowest BCUT2D eigenvalue weighted by molar-refractivity contribution is -0.118. The summed E-state index contributed by atoms with van der Waals surface area (Å²) in [5.74, 6) is 0.888. The molecule has 4 rings (SSSR count). The number of rotatable bonds is 7. The number of ether oxygens (including phenoxy) is 1. The molecule has 156 valence electrons. The molecule has 0 spiro atoms. The van der Waals surface area contributed by atoms with E-state index in [-0.39, 0.29) is 17.2 Å². The third-order valence-electron chi connectivity index (χ3n) is 4.33. The van der Waals surface area contributed by atoms with E-state index in [9.17, 15) is 9.59 Å². The van der Waals surface area contributed by atoms with Gasteiger partial charge in [0.1, 0.15) is 11.5 Å². The minimum absolute atomic E-state index is 0.0242. The van der Waals surface area contributed by atoms with E-state index in [1.807, 2.05) is 6.07 Å². The Balaban J connectivity index is 1.61. The second-order valence-electron chi connectivity index (χ2n) is 6.35. The summed E-state index contributed by atoms with van der Waals surface area (Å²) in [4.78, 5) is 30.0. The number of hydrogen-bond acceptors (Lipinski definition) is 7. The summed E-state index contributed by atoms with van der Waals surface area (Å²) in [6, 6.07) is 17.6. The number of nitrogens with zero attached hydrogens (tertiary/aromatic N) is 3. The molecule has 0 aliphatic carbocycles. The van der Waals surface area contributed by atoms with E-state index in [0.717, 1.165) is 11.8 Å². The van der Waals surface area contributed by atoms with Gasteiger partial charge in [-0.05, 0) is 48.5 Å². The van der Waals surface area contributed by atoms with Gasteiger partial charge in [-0.1, -0.05) is 23.9 Å². The van der Waals surface area contributed by atoms with Gasteiger partial charge < -0.3 is 9.15 Å². The molecule has 8 nitrogen and oxygen atoms in total. The molecule has 1 amide bonds. The number of thioether (sulfide) groups is 1. The maximum atomic E-state index is 13.2. The molecule has 0 saturated carbocycles. The summed E-state index contributed by atoms with van der Waals surface area (Å²) in [6.45, 7) is 0. The Morgan fingerprint density at radius 3 is 2.74 bits per heavy atom. The predicted molar refractivity (Wildman–Crippen MR) is 119 cm³/mol. The van der Waals surface area contributed by atoms with Crippen LogP contribution in [0.15, 0.2) is 86.4 Å². The van der Waals surface area contributed by atoms with E-state index in [2.05, 4.69) is 15.5 Å². The summed E-state index contributed by atoms with van der Waals surface area (Å²) in [7, 11) is 1.58. The van der Waals surface area contributed by atoms with Gasteiger partial charge in [0.25, 0.3) is 11.5 Å². The maximum absolute atomic E-state index is 13.2. The summed E-state index contributed by atoms with van der Waals surface area (Å²) in [5, 5.41) is 4.76. The number of hydrogen-bond donors (Lipinski definition) is 1. The molecule has 2 aromatic heterocycles. The normalized spacial score (nSPS) is 11.1. The number of hydrazone groups is 1. The van der Waals surface area contributed by atoms with Crippen LogP contribution in [0.1, 0.15) is 5.76 Å². The molecule has 1 N–H and O–H groups in total. The van der Waals surface area contributed by atoms with Crippen LogP contribution in [0.3, 0.4) is 0 Å². The van der Waals surface area contributed by atoms with E-state index in [4.69, 9.17) is 9.15 Å². The molecule has 0 saturated heterocycles. The fraction of sp³-hybridized carbons (Fsp3) is 0.0909. The van der Waals surface area contributed by atoms with E-state index >= 15 is 0 Å². The first-order valence-electron chi connectivity index (χ1n) is 9.30. The smallest absolute Gasteiger partial charge is 0.266 e. The lowest BCUT2D eigenvalue weighted by atomic mass is 10.2. The zero-order valence-electron chi connectivity index (χ0n) is 16.5. The van der Waals surface area contributed by atoms with Gasteiger partial charge in [-0.25, -0.2) is 10.4 Å². The average molecular weight is 434 g/mol. The Labute approximate surface area is 181 Å². The Morgan fingerprint density at radius 1 is 1.19 bits per heavy atom. The summed E-state index contributed by atoms with van der Waals surface area (Å²) >= 11 is 1.15. The molecule has 0 unspecified atom stereocenters. The molecule has 0 fully saturated rings. The highest BCUT2D eigenvalue weighted by atomic mass is 32.2. The molecule has 0 aliphatic heterocycles. The highest BCUT2D eigenvalue weighted by molar-refractivity contribution is 7.99. The number of amides is 1.